The van der Waals surface area contributed by atoms with E-state index in [4.69, 9.17) is 5.11 Å². The Balaban J connectivity index is 2.11. The van der Waals surface area contributed by atoms with Crippen LogP contribution >= 0.6 is 11.3 Å². The van der Waals surface area contributed by atoms with E-state index in [2.05, 4.69) is 10.4 Å². The average Bonchev–Trinajstić information content (AvgIpc) is 3.07. The first-order valence-corrected chi connectivity index (χ1v) is 8.18. The van der Waals surface area contributed by atoms with Crippen molar-refractivity contribution in [2.45, 2.75) is 32.9 Å². The van der Waals surface area contributed by atoms with Crippen LogP contribution in [0.5, 0.6) is 0 Å². The second-order valence-electron chi connectivity index (χ2n) is 5.70. The minimum absolute atomic E-state index is 0.368. The summed E-state index contributed by atoms with van der Waals surface area (Å²) < 4.78 is 1.71. The van der Waals surface area contributed by atoms with Gasteiger partial charge in [0.2, 0.25) is 5.91 Å². The zero-order valence-electron chi connectivity index (χ0n) is 14.2. The third-order valence-electron chi connectivity index (χ3n) is 3.92. The highest BCUT2D eigenvalue weighted by molar-refractivity contribution is 7.20. The number of aromatic nitrogens is 2. The largest absolute Gasteiger partial charge is 0.480 e. The molecule has 2 atom stereocenters. The molecule has 0 fully saturated rings. The molecule has 2 rings (SSSR count). The van der Waals surface area contributed by atoms with E-state index in [-0.39, 0.29) is 5.91 Å². The summed E-state index contributed by atoms with van der Waals surface area (Å²) in [6.45, 7) is 4.81. The number of rotatable bonds is 5. The molecule has 0 aliphatic carbocycles. The maximum Gasteiger partial charge on any atom is 0.326 e. The van der Waals surface area contributed by atoms with E-state index in [1.807, 2.05) is 14.0 Å². The van der Waals surface area contributed by atoms with Crippen LogP contribution in [0.2, 0.25) is 0 Å². The van der Waals surface area contributed by atoms with Gasteiger partial charge < -0.3 is 15.3 Å². The van der Waals surface area contributed by atoms with Gasteiger partial charge in [-0.1, -0.05) is 0 Å². The predicted octanol–water partition coefficient (Wildman–Crippen LogP) is 0.993. The fraction of sp³-hybridized carbons (Fsp3) is 0.467. The van der Waals surface area contributed by atoms with E-state index < -0.39 is 24.0 Å². The molecule has 2 aromatic rings. The van der Waals surface area contributed by atoms with E-state index in [1.165, 1.54) is 32.2 Å². The summed E-state index contributed by atoms with van der Waals surface area (Å²) in [4.78, 5) is 38.0. The number of carboxylic acids is 1. The summed E-state index contributed by atoms with van der Waals surface area (Å²) in [6, 6.07) is -0.0398. The van der Waals surface area contributed by atoms with Crippen LogP contribution < -0.4 is 5.32 Å². The fourth-order valence-electron chi connectivity index (χ4n) is 2.31. The lowest BCUT2D eigenvalue weighted by Crippen LogP contribution is -2.50. The fourth-order valence-corrected chi connectivity index (χ4v) is 3.33. The predicted molar refractivity (Wildman–Crippen MR) is 90.1 cm³/mol. The number of hydrogen-bond donors (Lipinski definition) is 2. The number of aryl methyl sites for hydroxylation is 2. The Morgan fingerprint density at radius 2 is 2.00 bits per heavy atom. The number of hydrogen-bond acceptors (Lipinski definition) is 5. The zero-order chi connectivity index (χ0) is 18.2. The molecule has 2 heterocycles. The van der Waals surface area contributed by atoms with Gasteiger partial charge >= 0.3 is 5.97 Å². The van der Waals surface area contributed by atoms with Gasteiger partial charge in [0.1, 0.15) is 16.9 Å². The molecular formula is C15H20N4O4S. The molecule has 9 heteroatoms. The van der Waals surface area contributed by atoms with Gasteiger partial charge in [-0.15, -0.1) is 11.3 Å². The average molecular weight is 352 g/mol. The quantitative estimate of drug-likeness (QED) is 0.835. The highest BCUT2D eigenvalue weighted by Crippen LogP contribution is 2.27. The van der Waals surface area contributed by atoms with Crippen LogP contribution in [0.15, 0.2) is 6.07 Å². The molecule has 2 N–H and O–H groups in total. The van der Waals surface area contributed by atoms with Gasteiger partial charge in [-0.2, -0.15) is 5.10 Å². The molecule has 2 unspecified atom stereocenters. The van der Waals surface area contributed by atoms with Crippen molar-refractivity contribution in [1.82, 2.24) is 20.0 Å². The first-order valence-electron chi connectivity index (χ1n) is 7.37. The molecule has 2 amide bonds. The van der Waals surface area contributed by atoms with E-state index in [1.54, 1.807) is 10.7 Å². The second kappa shape index (κ2) is 6.60. The van der Waals surface area contributed by atoms with Crippen molar-refractivity contribution in [3.8, 4) is 0 Å². The van der Waals surface area contributed by atoms with Crippen LogP contribution in [-0.4, -0.2) is 56.7 Å². The molecule has 24 heavy (non-hydrogen) atoms. The molecule has 0 aromatic carbocycles. The van der Waals surface area contributed by atoms with Crippen LogP contribution in [0.3, 0.4) is 0 Å². The van der Waals surface area contributed by atoms with Crippen molar-refractivity contribution in [3.63, 3.8) is 0 Å². The first-order chi connectivity index (χ1) is 11.1. The Morgan fingerprint density at radius 1 is 1.38 bits per heavy atom. The lowest BCUT2D eigenvalue weighted by molar-refractivity contribution is -0.148. The number of nitrogens with one attached hydrogen (secondary N) is 1. The maximum atomic E-state index is 12.4. The summed E-state index contributed by atoms with van der Waals surface area (Å²) in [5, 5.41) is 16.8. The summed E-state index contributed by atoms with van der Waals surface area (Å²) in [7, 11) is 3.21. The van der Waals surface area contributed by atoms with Gasteiger partial charge in [0.15, 0.2) is 0 Å². The highest BCUT2D eigenvalue weighted by Gasteiger charge is 2.27. The zero-order valence-corrected chi connectivity index (χ0v) is 15.0. The number of carboxylic acid groups (broad SMARTS) is 1. The van der Waals surface area contributed by atoms with Gasteiger partial charge in [-0.05, 0) is 26.8 Å². The third-order valence-corrected chi connectivity index (χ3v) is 5.12. The molecule has 0 aliphatic heterocycles. The van der Waals surface area contributed by atoms with Crippen molar-refractivity contribution in [1.29, 1.82) is 0 Å². The number of likely N-dealkylation sites (N-methyl/N-ethyl adjacent to an activating group) is 1. The van der Waals surface area contributed by atoms with Crippen molar-refractivity contribution in [2.24, 2.45) is 7.05 Å². The Labute approximate surface area is 143 Å². The molecule has 0 aliphatic rings. The molecule has 0 saturated heterocycles. The van der Waals surface area contributed by atoms with Gasteiger partial charge in [0, 0.05) is 19.5 Å². The topological polar surface area (TPSA) is 105 Å². The minimum Gasteiger partial charge on any atom is -0.480 e. The Morgan fingerprint density at radius 3 is 2.54 bits per heavy atom. The van der Waals surface area contributed by atoms with Gasteiger partial charge in [-0.3, -0.25) is 14.3 Å². The lowest BCUT2D eigenvalue weighted by atomic mass is 10.2. The van der Waals surface area contributed by atoms with Gasteiger partial charge in [-0.25, -0.2) is 4.79 Å². The molecule has 0 radical (unpaired) electrons. The van der Waals surface area contributed by atoms with Crippen LogP contribution in [0, 0.1) is 6.92 Å². The Hall–Kier alpha value is -2.42. The summed E-state index contributed by atoms with van der Waals surface area (Å²) in [6.07, 6.45) is 0. The smallest absolute Gasteiger partial charge is 0.326 e. The van der Waals surface area contributed by atoms with Crippen molar-refractivity contribution in [2.75, 3.05) is 7.05 Å². The summed E-state index contributed by atoms with van der Waals surface area (Å²) in [5.41, 5.74) is 0.835. The normalized spacial score (nSPS) is 13.5. The molecule has 2 aromatic heterocycles. The minimum atomic E-state index is -1.10. The Kier molecular flexibility index (Phi) is 4.93. The van der Waals surface area contributed by atoms with E-state index >= 15 is 0 Å². The van der Waals surface area contributed by atoms with E-state index in [0.717, 1.165) is 20.8 Å². The lowest BCUT2D eigenvalue weighted by Gasteiger charge is -2.25. The number of nitrogens with zero attached hydrogens (tertiary/aromatic N) is 3. The second-order valence-corrected chi connectivity index (χ2v) is 6.73. The SMILES string of the molecule is Cc1nn(C)c2sc(C(=O)NC(C)C(=O)N(C)C(C)C(=O)O)cc12. The van der Waals surface area contributed by atoms with Crippen molar-refractivity contribution < 1.29 is 19.5 Å². The standard InChI is InChI=1S/C15H20N4O4S/c1-7-10-6-11(24-14(10)19(5)17-7)12(20)16-8(2)13(21)18(4)9(3)15(22)23/h6,8-9H,1-5H3,(H,16,20)(H,22,23). The van der Waals surface area contributed by atoms with E-state index in [0.29, 0.717) is 4.88 Å². The summed E-state index contributed by atoms with van der Waals surface area (Å²) in [5.74, 6) is -1.93. The summed E-state index contributed by atoms with van der Waals surface area (Å²) >= 11 is 1.30. The van der Waals surface area contributed by atoms with Crippen molar-refractivity contribution >= 4 is 39.3 Å². The van der Waals surface area contributed by atoms with Crippen molar-refractivity contribution in [3.05, 3.63) is 16.6 Å². The molecule has 0 bridgehead atoms. The van der Waals surface area contributed by atoms with Gasteiger partial charge in [0.25, 0.3) is 5.91 Å². The van der Waals surface area contributed by atoms with Crippen LogP contribution in [0.1, 0.15) is 29.2 Å². The molecule has 0 spiro atoms. The maximum absolute atomic E-state index is 12.4. The number of aliphatic carboxylic acids is 1. The molecule has 0 saturated carbocycles. The molecule has 8 nitrogen and oxygen atoms in total. The first kappa shape index (κ1) is 17.9. The number of carbonyl (C=O) groups excluding carboxylic acids is 2. The highest BCUT2D eigenvalue weighted by atomic mass is 32.1. The molecule has 130 valence electrons. The number of fused-ring (bicyclic) bond motifs is 1. The van der Waals surface area contributed by atoms with Gasteiger partial charge in [0.05, 0.1) is 10.6 Å². The number of amides is 2. The number of carbonyl (C=O) groups is 3. The number of thiophene rings is 1. The monoisotopic (exact) mass is 352 g/mol. The Bertz CT molecular complexity index is 775. The van der Waals surface area contributed by atoms with Crippen LogP contribution in [-0.2, 0) is 16.6 Å². The molecular weight excluding hydrogens is 332 g/mol. The third kappa shape index (κ3) is 3.25. The van der Waals surface area contributed by atoms with Crippen LogP contribution in [0.25, 0.3) is 10.2 Å². The van der Waals surface area contributed by atoms with E-state index in [9.17, 15) is 14.4 Å². The van der Waals surface area contributed by atoms with Crippen LogP contribution in [0.4, 0.5) is 0 Å².